The maximum absolute atomic E-state index is 5.38. The van der Waals surface area contributed by atoms with Gasteiger partial charge in [-0.05, 0) is 20.8 Å². The summed E-state index contributed by atoms with van der Waals surface area (Å²) in [7, 11) is 0. The molecule has 1 atom stereocenters. The second-order valence-electron chi connectivity index (χ2n) is 4.12. The van der Waals surface area contributed by atoms with Crippen LogP contribution in [0.1, 0.15) is 20.8 Å². The average molecular weight is 166 g/mol. The first-order valence-corrected chi connectivity index (χ1v) is 4.50. The summed E-state index contributed by atoms with van der Waals surface area (Å²) in [5.74, 6) is 2.77. The Kier molecular flexibility index (Phi) is 2.76. The van der Waals surface area contributed by atoms with Crippen LogP contribution < -0.4 is 5.32 Å². The Morgan fingerprint density at radius 1 is 1.58 bits per heavy atom. The molecule has 0 radical (unpaired) electrons. The van der Waals surface area contributed by atoms with E-state index in [0.29, 0.717) is 0 Å². The van der Waals surface area contributed by atoms with Gasteiger partial charge in [-0.15, -0.1) is 6.42 Å². The van der Waals surface area contributed by atoms with Gasteiger partial charge in [-0.2, -0.15) is 0 Å². The third-order valence-corrected chi connectivity index (χ3v) is 2.39. The summed E-state index contributed by atoms with van der Waals surface area (Å²) in [6.07, 6.45) is 5.38. The minimum Gasteiger partial charge on any atom is -0.309 e. The summed E-state index contributed by atoms with van der Waals surface area (Å²) in [5.41, 5.74) is 0.212. The van der Waals surface area contributed by atoms with Gasteiger partial charge in [0.15, 0.2) is 0 Å². The van der Waals surface area contributed by atoms with Gasteiger partial charge in [-0.3, -0.25) is 4.90 Å². The standard InChI is InChI=1S/C10H18N2/c1-5-9(2)12-7-6-11-10(3,4)8-12/h1,9,11H,6-8H2,2-4H3. The van der Waals surface area contributed by atoms with E-state index < -0.39 is 0 Å². The lowest BCUT2D eigenvalue weighted by Crippen LogP contribution is -2.58. The molecule has 68 valence electrons. The Labute approximate surface area is 75.3 Å². The molecule has 12 heavy (non-hydrogen) atoms. The lowest BCUT2D eigenvalue weighted by atomic mass is 10.0. The van der Waals surface area contributed by atoms with Crippen molar-refractivity contribution >= 4 is 0 Å². The van der Waals surface area contributed by atoms with E-state index in [9.17, 15) is 0 Å². The normalized spacial score (nSPS) is 26.2. The molecule has 1 heterocycles. The first kappa shape index (κ1) is 9.57. The molecular weight excluding hydrogens is 148 g/mol. The zero-order chi connectivity index (χ0) is 9.19. The molecule has 1 fully saturated rings. The van der Waals surface area contributed by atoms with E-state index in [4.69, 9.17) is 6.42 Å². The largest absolute Gasteiger partial charge is 0.309 e. The van der Waals surface area contributed by atoms with Crippen LogP contribution >= 0.6 is 0 Å². The molecule has 0 aromatic heterocycles. The summed E-state index contributed by atoms with van der Waals surface area (Å²) in [5, 5.41) is 3.46. The van der Waals surface area contributed by atoms with Crippen LogP contribution in [0.25, 0.3) is 0 Å². The second-order valence-corrected chi connectivity index (χ2v) is 4.12. The molecule has 1 aliphatic rings. The topological polar surface area (TPSA) is 15.3 Å². The van der Waals surface area contributed by atoms with E-state index in [1.807, 2.05) is 0 Å². The number of terminal acetylenes is 1. The van der Waals surface area contributed by atoms with Gasteiger partial charge in [-0.25, -0.2) is 0 Å². The molecule has 1 saturated heterocycles. The first-order chi connectivity index (χ1) is 5.55. The van der Waals surface area contributed by atoms with Gasteiger partial charge in [0.1, 0.15) is 0 Å². The molecular formula is C10H18N2. The van der Waals surface area contributed by atoms with Crippen LogP contribution in [0, 0.1) is 12.3 Å². The summed E-state index contributed by atoms with van der Waals surface area (Å²) in [6, 6.07) is 0.270. The zero-order valence-corrected chi connectivity index (χ0v) is 8.22. The lowest BCUT2D eigenvalue weighted by Gasteiger charge is -2.40. The van der Waals surface area contributed by atoms with Gasteiger partial charge in [0.05, 0.1) is 6.04 Å². The molecule has 0 saturated carbocycles. The molecule has 0 aromatic rings. The van der Waals surface area contributed by atoms with Gasteiger partial charge in [0, 0.05) is 25.2 Å². The van der Waals surface area contributed by atoms with E-state index in [1.165, 1.54) is 0 Å². The summed E-state index contributed by atoms with van der Waals surface area (Å²) in [4.78, 5) is 2.34. The first-order valence-electron chi connectivity index (χ1n) is 4.50. The molecule has 0 aliphatic carbocycles. The zero-order valence-electron chi connectivity index (χ0n) is 8.22. The van der Waals surface area contributed by atoms with Gasteiger partial charge in [-0.1, -0.05) is 5.92 Å². The number of hydrogen-bond donors (Lipinski definition) is 1. The maximum Gasteiger partial charge on any atom is 0.0684 e. The third-order valence-electron chi connectivity index (χ3n) is 2.39. The Bertz CT molecular complexity index is 191. The van der Waals surface area contributed by atoms with Gasteiger partial charge >= 0.3 is 0 Å². The highest BCUT2D eigenvalue weighted by Crippen LogP contribution is 2.12. The Morgan fingerprint density at radius 3 is 2.75 bits per heavy atom. The highest BCUT2D eigenvalue weighted by Gasteiger charge is 2.27. The van der Waals surface area contributed by atoms with Crippen molar-refractivity contribution in [2.75, 3.05) is 19.6 Å². The number of nitrogens with one attached hydrogen (secondary N) is 1. The summed E-state index contributed by atoms with van der Waals surface area (Å²) >= 11 is 0. The quantitative estimate of drug-likeness (QED) is 0.577. The fourth-order valence-electron chi connectivity index (χ4n) is 1.62. The van der Waals surface area contributed by atoms with Crippen LogP contribution in [-0.2, 0) is 0 Å². The summed E-state index contributed by atoms with van der Waals surface area (Å²) < 4.78 is 0. The van der Waals surface area contributed by atoms with Gasteiger partial charge < -0.3 is 5.32 Å². The molecule has 1 aliphatic heterocycles. The minimum absolute atomic E-state index is 0.212. The molecule has 1 unspecified atom stereocenters. The smallest absolute Gasteiger partial charge is 0.0684 e. The molecule has 1 rings (SSSR count). The SMILES string of the molecule is C#CC(C)N1CCNC(C)(C)C1. The average Bonchev–Trinajstić information content (AvgIpc) is 2.01. The Hall–Kier alpha value is -0.520. The number of hydrogen-bond acceptors (Lipinski definition) is 2. The Morgan fingerprint density at radius 2 is 2.25 bits per heavy atom. The van der Waals surface area contributed by atoms with E-state index in [0.717, 1.165) is 19.6 Å². The monoisotopic (exact) mass is 166 g/mol. The van der Waals surface area contributed by atoms with Crippen molar-refractivity contribution in [3.05, 3.63) is 0 Å². The van der Waals surface area contributed by atoms with Crippen molar-refractivity contribution in [3.8, 4) is 12.3 Å². The van der Waals surface area contributed by atoms with Crippen LogP contribution in [0.4, 0.5) is 0 Å². The molecule has 1 N–H and O–H groups in total. The van der Waals surface area contributed by atoms with Crippen LogP contribution in [0.15, 0.2) is 0 Å². The van der Waals surface area contributed by atoms with Crippen LogP contribution in [0.2, 0.25) is 0 Å². The van der Waals surface area contributed by atoms with Crippen molar-refractivity contribution in [1.29, 1.82) is 0 Å². The van der Waals surface area contributed by atoms with Crippen LogP contribution in [0.3, 0.4) is 0 Å². The molecule has 0 amide bonds. The van der Waals surface area contributed by atoms with E-state index in [-0.39, 0.29) is 11.6 Å². The number of rotatable bonds is 1. The molecule has 0 aromatic carbocycles. The minimum atomic E-state index is 0.212. The third kappa shape index (κ3) is 2.23. The maximum atomic E-state index is 5.38. The fourth-order valence-corrected chi connectivity index (χ4v) is 1.62. The molecule has 0 spiro atoms. The number of nitrogens with zero attached hydrogens (tertiary/aromatic N) is 1. The van der Waals surface area contributed by atoms with E-state index in [2.05, 4.69) is 36.9 Å². The Balaban J connectivity index is 2.53. The van der Waals surface area contributed by atoms with Crippen LogP contribution in [-0.4, -0.2) is 36.1 Å². The molecule has 2 heteroatoms. The van der Waals surface area contributed by atoms with Crippen molar-refractivity contribution in [2.45, 2.75) is 32.4 Å². The fraction of sp³-hybridized carbons (Fsp3) is 0.800. The highest BCUT2D eigenvalue weighted by molar-refractivity contribution is 5.00. The van der Waals surface area contributed by atoms with Crippen molar-refractivity contribution in [2.24, 2.45) is 0 Å². The van der Waals surface area contributed by atoms with E-state index >= 15 is 0 Å². The van der Waals surface area contributed by atoms with E-state index in [1.54, 1.807) is 0 Å². The predicted octanol–water partition coefficient (Wildman–Crippen LogP) is 0.692. The lowest BCUT2D eigenvalue weighted by molar-refractivity contribution is 0.139. The van der Waals surface area contributed by atoms with Crippen molar-refractivity contribution < 1.29 is 0 Å². The number of piperazine rings is 1. The molecule has 2 nitrogen and oxygen atoms in total. The van der Waals surface area contributed by atoms with Crippen molar-refractivity contribution in [1.82, 2.24) is 10.2 Å². The molecule has 0 bridgehead atoms. The van der Waals surface area contributed by atoms with Gasteiger partial charge in [0.2, 0.25) is 0 Å². The van der Waals surface area contributed by atoms with Crippen LogP contribution in [0.5, 0.6) is 0 Å². The van der Waals surface area contributed by atoms with Gasteiger partial charge in [0.25, 0.3) is 0 Å². The van der Waals surface area contributed by atoms with Crippen molar-refractivity contribution in [3.63, 3.8) is 0 Å². The highest BCUT2D eigenvalue weighted by atomic mass is 15.2. The summed E-state index contributed by atoms with van der Waals surface area (Å²) in [6.45, 7) is 9.65. The predicted molar refractivity (Wildman–Crippen MR) is 51.9 cm³/mol. The second kappa shape index (κ2) is 3.47.